The van der Waals surface area contributed by atoms with Gasteiger partial charge in [0.2, 0.25) is 5.13 Å². The van der Waals surface area contributed by atoms with Crippen LogP contribution in [-0.2, 0) is 5.75 Å². The Kier molecular flexibility index (Phi) is 5.80. The summed E-state index contributed by atoms with van der Waals surface area (Å²) in [6.07, 6.45) is 0. The highest BCUT2D eigenvalue weighted by atomic mass is 32.2. The zero-order valence-electron chi connectivity index (χ0n) is 14.9. The summed E-state index contributed by atoms with van der Waals surface area (Å²) in [5.41, 5.74) is 2.76. The van der Waals surface area contributed by atoms with E-state index in [1.807, 2.05) is 72.8 Å². The van der Waals surface area contributed by atoms with Gasteiger partial charge in [-0.1, -0.05) is 72.0 Å². The minimum atomic E-state index is -0.182. The Bertz CT molecular complexity index is 1050. The molecule has 0 saturated carbocycles. The molecule has 0 aliphatic heterocycles. The van der Waals surface area contributed by atoms with Crippen LogP contribution in [0.4, 0.5) is 5.13 Å². The highest BCUT2D eigenvalue weighted by molar-refractivity contribution is 7.98. The molecule has 0 bridgehead atoms. The summed E-state index contributed by atoms with van der Waals surface area (Å²) < 4.78 is 0. The van der Waals surface area contributed by atoms with Crippen molar-refractivity contribution in [3.8, 4) is 10.6 Å². The van der Waals surface area contributed by atoms with E-state index >= 15 is 0 Å². The lowest BCUT2D eigenvalue weighted by atomic mass is 10.1. The molecule has 0 atom stereocenters. The van der Waals surface area contributed by atoms with Crippen LogP contribution >= 0.6 is 23.1 Å². The highest BCUT2D eigenvalue weighted by Gasteiger charge is 2.11. The molecule has 138 valence electrons. The van der Waals surface area contributed by atoms with Crippen LogP contribution in [0.15, 0.2) is 89.8 Å². The first kappa shape index (κ1) is 18.4. The van der Waals surface area contributed by atoms with Gasteiger partial charge in [0.05, 0.1) is 0 Å². The van der Waals surface area contributed by atoms with E-state index in [2.05, 4.69) is 27.6 Å². The van der Waals surface area contributed by atoms with E-state index in [9.17, 15) is 4.79 Å². The summed E-state index contributed by atoms with van der Waals surface area (Å²) in [5.74, 6) is 0.681. The predicted octanol–water partition coefficient (Wildman–Crippen LogP) is 5.75. The van der Waals surface area contributed by atoms with E-state index in [1.54, 1.807) is 11.8 Å². The number of benzene rings is 3. The number of nitrogens with one attached hydrogen (secondary N) is 1. The molecule has 28 heavy (non-hydrogen) atoms. The van der Waals surface area contributed by atoms with Gasteiger partial charge in [0, 0.05) is 21.8 Å². The van der Waals surface area contributed by atoms with Gasteiger partial charge in [-0.05, 0) is 29.8 Å². The number of nitrogens with zero attached hydrogens (tertiary/aromatic N) is 2. The molecule has 0 saturated heterocycles. The number of hydrogen-bond donors (Lipinski definition) is 1. The van der Waals surface area contributed by atoms with Crippen molar-refractivity contribution < 1.29 is 4.79 Å². The van der Waals surface area contributed by atoms with Gasteiger partial charge >= 0.3 is 0 Å². The quantitative estimate of drug-likeness (QED) is 0.417. The fourth-order valence-corrected chi connectivity index (χ4v) is 4.20. The number of carbonyl (C=O) groups is 1. The summed E-state index contributed by atoms with van der Waals surface area (Å²) in [6.45, 7) is 0. The standard InChI is InChI=1S/C22H17N3OS2/c26-20(23-22-25-24-21(28-22)18-7-3-1-4-8-18)17-13-11-16(12-14-17)15-27-19-9-5-2-6-10-19/h1-14H,15H2,(H,23,25,26). The second-order valence-corrected chi connectivity index (χ2v) is 8.06. The second kappa shape index (κ2) is 8.82. The lowest BCUT2D eigenvalue weighted by Crippen LogP contribution is -2.11. The number of thioether (sulfide) groups is 1. The SMILES string of the molecule is O=C(Nc1nnc(-c2ccccc2)s1)c1ccc(CSc2ccccc2)cc1. The normalized spacial score (nSPS) is 10.6. The molecule has 4 aromatic rings. The summed E-state index contributed by atoms with van der Waals surface area (Å²) in [7, 11) is 0. The Labute approximate surface area is 171 Å². The Morgan fingerprint density at radius 1 is 0.857 bits per heavy atom. The summed E-state index contributed by atoms with van der Waals surface area (Å²) >= 11 is 3.13. The van der Waals surface area contributed by atoms with Crippen LogP contribution in [-0.4, -0.2) is 16.1 Å². The number of carbonyl (C=O) groups excluding carboxylic acids is 1. The van der Waals surface area contributed by atoms with Crippen LogP contribution in [0.25, 0.3) is 10.6 Å². The molecule has 4 nitrogen and oxygen atoms in total. The van der Waals surface area contributed by atoms with Gasteiger partial charge in [0.15, 0.2) is 0 Å². The fraction of sp³-hybridized carbons (Fsp3) is 0.0455. The van der Waals surface area contributed by atoms with Crippen molar-refractivity contribution in [2.45, 2.75) is 10.6 Å². The minimum absolute atomic E-state index is 0.182. The van der Waals surface area contributed by atoms with E-state index in [4.69, 9.17) is 0 Å². The average molecular weight is 404 g/mol. The summed E-state index contributed by atoms with van der Waals surface area (Å²) in [4.78, 5) is 13.7. The number of amides is 1. The molecule has 3 aromatic carbocycles. The van der Waals surface area contributed by atoms with Crippen molar-refractivity contribution in [2.75, 3.05) is 5.32 Å². The van der Waals surface area contributed by atoms with E-state index in [-0.39, 0.29) is 5.91 Å². The molecule has 6 heteroatoms. The molecule has 1 N–H and O–H groups in total. The smallest absolute Gasteiger partial charge is 0.257 e. The number of aromatic nitrogens is 2. The van der Waals surface area contributed by atoms with Crippen LogP contribution < -0.4 is 5.32 Å². The van der Waals surface area contributed by atoms with Crippen LogP contribution in [0.1, 0.15) is 15.9 Å². The minimum Gasteiger partial charge on any atom is -0.296 e. The monoisotopic (exact) mass is 403 g/mol. The van der Waals surface area contributed by atoms with Crippen molar-refractivity contribution >= 4 is 34.1 Å². The first-order valence-electron chi connectivity index (χ1n) is 8.75. The van der Waals surface area contributed by atoms with Crippen LogP contribution in [0.5, 0.6) is 0 Å². The first-order chi connectivity index (χ1) is 13.8. The lowest BCUT2D eigenvalue weighted by Gasteiger charge is -2.04. The third-order valence-corrected chi connectivity index (χ3v) is 6.00. The van der Waals surface area contributed by atoms with E-state index in [0.717, 1.165) is 16.3 Å². The largest absolute Gasteiger partial charge is 0.296 e. The van der Waals surface area contributed by atoms with Crippen LogP contribution in [0, 0.1) is 0 Å². The van der Waals surface area contributed by atoms with Crippen molar-refractivity contribution in [2.24, 2.45) is 0 Å². The summed E-state index contributed by atoms with van der Waals surface area (Å²) in [6, 6.07) is 27.7. The Morgan fingerprint density at radius 2 is 1.54 bits per heavy atom. The maximum absolute atomic E-state index is 12.5. The number of rotatable bonds is 6. The maximum Gasteiger partial charge on any atom is 0.257 e. The maximum atomic E-state index is 12.5. The molecule has 0 radical (unpaired) electrons. The summed E-state index contributed by atoms with van der Waals surface area (Å²) in [5, 5.41) is 12.3. The number of anilines is 1. The predicted molar refractivity (Wildman–Crippen MR) is 116 cm³/mol. The van der Waals surface area contributed by atoms with Gasteiger partial charge in [-0.3, -0.25) is 10.1 Å². The van der Waals surface area contributed by atoms with Crippen molar-refractivity contribution in [3.05, 3.63) is 96.1 Å². The molecule has 0 unspecified atom stereocenters. The van der Waals surface area contributed by atoms with Crippen LogP contribution in [0.3, 0.4) is 0 Å². The molecule has 1 amide bonds. The lowest BCUT2D eigenvalue weighted by molar-refractivity contribution is 0.102. The first-order valence-corrected chi connectivity index (χ1v) is 10.6. The molecule has 1 heterocycles. The average Bonchev–Trinajstić information content (AvgIpc) is 3.22. The topological polar surface area (TPSA) is 54.9 Å². The molecular formula is C22H17N3OS2. The van der Waals surface area contributed by atoms with E-state index in [1.165, 1.54) is 21.8 Å². The third kappa shape index (κ3) is 4.65. The van der Waals surface area contributed by atoms with Gasteiger partial charge in [-0.15, -0.1) is 22.0 Å². The Balaban J connectivity index is 1.37. The van der Waals surface area contributed by atoms with Crippen LogP contribution in [0.2, 0.25) is 0 Å². The second-order valence-electron chi connectivity index (χ2n) is 6.03. The van der Waals surface area contributed by atoms with Gasteiger partial charge in [0.25, 0.3) is 5.91 Å². The van der Waals surface area contributed by atoms with Gasteiger partial charge < -0.3 is 0 Å². The van der Waals surface area contributed by atoms with Crippen molar-refractivity contribution in [1.29, 1.82) is 0 Å². The third-order valence-electron chi connectivity index (χ3n) is 4.03. The van der Waals surface area contributed by atoms with Gasteiger partial charge in [-0.25, -0.2) is 0 Å². The molecule has 0 aliphatic carbocycles. The number of hydrogen-bond acceptors (Lipinski definition) is 5. The molecule has 0 spiro atoms. The molecule has 0 aliphatic rings. The van der Waals surface area contributed by atoms with Gasteiger partial charge in [0.1, 0.15) is 5.01 Å². The van der Waals surface area contributed by atoms with Crippen molar-refractivity contribution in [3.63, 3.8) is 0 Å². The molecule has 4 rings (SSSR count). The molecule has 1 aromatic heterocycles. The zero-order chi connectivity index (χ0) is 19.2. The Morgan fingerprint density at radius 3 is 2.25 bits per heavy atom. The Hall–Kier alpha value is -2.96. The van der Waals surface area contributed by atoms with Crippen molar-refractivity contribution in [1.82, 2.24) is 10.2 Å². The van der Waals surface area contributed by atoms with E-state index < -0.39 is 0 Å². The molecule has 0 fully saturated rings. The van der Waals surface area contributed by atoms with Gasteiger partial charge in [-0.2, -0.15) is 0 Å². The zero-order valence-corrected chi connectivity index (χ0v) is 16.5. The highest BCUT2D eigenvalue weighted by Crippen LogP contribution is 2.26. The molecular weight excluding hydrogens is 386 g/mol. The fourth-order valence-electron chi connectivity index (χ4n) is 2.58. The van der Waals surface area contributed by atoms with E-state index in [0.29, 0.717) is 10.7 Å².